The number of hydrogen-bond acceptors (Lipinski definition) is 9. The molecule has 4 aromatic rings. The number of benzene rings is 3. The van der Waals surface area contributed by atoms with E-state index in [4.69, 9.17) is 14.2 Å². The summed E-state index contributed by atoms with van der Waals surface area (Å²) >= 11 is 0. The number of anilines is 2. The highest BCUT2D eigenvalue weighted by molar-refractivity contribution is 7.91. The fraction of sp³-hybridized carbons (Fsp3) is 0.361. The Kier molecular flexibility index (Phi) is 9.04. The van der Waals surface area contributed by atoms with Crippen LogP contribution in [0.5, 0.6) is 23.0 Å². The number of amides is 2. The van der Waals surface area contributed by atoms with Gasteiger partial charge in [0, 0.05) is 47.2 Å². The molecule has 0 atom stereocenters. The molecule has 1 aromatic heterocycles. The van der Waals surface area contributed by atoms with Gasteiger partial charge in [-0.3, -0.25) is 14.6 Å². The van der Waals surface area contributed by atoms with E-state index in [1.54, 1.807) is 18.2 Å². The average Bonchev–Trinajstić information content (AvgIpc) is 4.04. The summed E-state index contributed by atoms with van der Waals surface area (Å²) in [5.74, 6) is -2.90. The first-order chi connectivity index (χ1) is 24.4. The number of rotatable bonds is 12. The van der Waals surface area contributed by atoms with Crippen molar-refractivity contribution in [1.82, 2.24) is 10.3 Å². The lowest BCUT2D eigenvalue weighted by Crippen LogP contribution is -2.47. The number of nitrogens with zero attached hydrogens (tertiary/aromatic N) is 1. The lowest BCUT2D eigenvalue weighted by Gasteiger charge is -2.28. The molecule has 2 amide bonds. The summed E-state index contributed by atoms with van der Waals surface area (Å²) in [6, 6.07) is 11.8. The monoisotopic (exact) mass is 724 g/mol. The number of carbonyl (C=O) groups is 2. The third-order valence-corrected chi connectivity index (χ3v) is 11.3. The van der Waals surface area contributed by atoms with Crippen molar-refractivity contribution in [2.75, 3.05) is 35.9 Å². The number of methoxy groups -OCH3 is 1. The molecule has 0 radical (unpaired) electrons. The van der Waals surface area contributed by atoms with Crippen molar-refractivity contribution in [1.29, 1.82) is 0 Å². The fourth-order valence-corrected chi connectivity index (χ4v) is 7.68. The molecule has 2 saturated carbocycles. The van der Waals surface area contributed by atoms with E-state index in [0.29, 0.717) is 47.6 Å². The number of sulfone groups is 1. The second kappa shape index (κ2) is 13.3. The summed E-state index contributed by atoms with van der Waals surface area (Å²) in [6.45, 7) is 0.364. The van der Waals surface area contributed by atoms with Crippen LogP contribution in [0.2, 0.25) is 0 Å². The van der Waals surface area contributed by atoms with E-state index in [2.05, 4.69) is 20.9 Å². The molecule has 0 unspecified atom stereocenters. The molecule has 3 fully saturated rings. The van der Waals surface area contributed by atoms with Gasteiger partial charge in [0.25, 0.3) is 0 Å². The van der Waals surface area contributed by atoms with Crippen LogP contribution in [-0.2, 0) is 19.4 Å². The second-order valence-corrected chi connectivity index (χ2v) is 15.6. The van der Waals surface area contributed by atoms with Crippen molar-refractivity contribution >= 4 is 43.9 Å². The van der Waals surface area contributed by atoms with Gasteiger partial charge in [0.05, 0.1) is 29.7 Å². The Morgan fingerprint density at radius 2 is 1.47 bits per heavy atom. The molecule has 15 heteroatoms. The molecule has 268 valence electrons. The number of nitrogens with one attached hydrogen (secondary N) is 3. The molecule has 7 rings (SSSR count). The van der Waals surface area contributed by atoms with Gasteiger partial charge in [-0.25, -0.2) is 21.6 Å². The van der Waals surface area contributed by atoms with E-state index in [0.717, 1.165) is 31.0 Å². The molecule has 0 spiro atoms. The van der Waals surface area contributed by atoms with Gasteiger partial charge in [-0.15, -0.1) is 0 Å². The Morgan fingerprint density at radius 1 is 0.804 bits per heavy atom. The van der Waals surface area contributed by atoms with Crippen molar-refractivity contribution in [3.63, 3.8) is 0 Å². The van der Waals surface area contributed by atoms with Crippen molar-refractivity contribution in [3.8, 4) is 23.0 Å². The first-order valence-electron chi connectivity index (χ1n) is 16.5. The van der Waals surface area contributed by atoms with Crippen LogP contribution in [0.15, 0.2) is 60.8 Å². The zero-order valence-corrected chi connectivity index (χ0v) is 28.4. The number of hydrogen-bond donors (Lipinski definition) is 3. The van der Waals surface area contributed by atoms with Crippen LogP contribution in [0.3, 0.4) is 0 Å². The Morgan fingerprint density at radius 3 is 2.08 bits per heavy atom. The van der Waals surface area contributed by atoms with E-state index in [9.17, 15) is 26.8 Å². The number of pyridine rings is 1. The van der Waals surface area contributed by atoms with Gasteiger partial charge in [-0.05, 0) is 74.9 Å². The van der Waals surface area contributed by atoms with Crippen LogP contribution < -0.4 is 30.2 Å². The molecule has 3 N–H and O–H groups in total. The summed E-state index contributed by atoms with van der Waals surface area (Å²) in [5, 5.41) is 9.15. The highest BCUT2D eigenvalue weighted by Crippen LogP contribution is 2.48. The van der Waals surface area contributed by atoms with Crippen molar-refractivity contribution in [2.24, 2.45) is 5.41 Å². The molecule has 3 aromatic carbocycles. The van der Waals surface area contributed by atoms with Crippen LogP contribution in [0, 0.1) is 22.9 Å². The van der Waals surface area contributed by atoms with E-state index < -0.39 is 44.5 Å². The SMILES string of the molecule is COc1cc2c(Oc3ccc(NC(=O)C4(C(=O)Nc5ccc(F)c(F)c5)CC4)cc3F)ccnc2cc1OCC1(NC2CCS(=O)(=O)CC2)CC1. The maximum Gasteiger partial charge on any atom is 0.240 e. The molecular formula is C36H35F3N4O7S. The predicted octanol–water partition coefficient (Wildman–Crippen LogP) is 5.89. The van der Waals surface area contributed by atoms with Gasteiger partial charge in [0.15, 0.2) is 34.7 Å². The summed E-state index contributed by atoms with van der Waals surface area (Å²) in [7, 11) is -1.45. The molecule has 1 saturated heterocycles. The molecule has 51 heavy (non-hydrogen) atoms. The van der Waals surface area contributed by atoms with Gasteiger partial charge in [0.1, 0.15) is 27.6 Å². The Balaban J connectivity index is 1.01. The van der Waals surface area contributed by atoms with Gasteiger partial charge < -0.3 is 30.2 Å². The Hall–Kier alpha value is -4.89. The van der Waals surface area contributed by atoms with Crippen LogP contribution in [0.25, 0.3) is 10.9 Å². The van der Waals surface area contributed by atoms with Gasteiger partial charge in [0.2, 0.25) is 11.8 Å². The highest BCUT2D eigenvalue weighted by atomic mass is 32.2. The molecule has 2 aliphatic carbocycles. The first-order valence-corrected chi connectivity index (χ1v) is 18.3. The smallest absolute Gasteiger partial charge is 0.240 e. The van der Waals surface area contributed by atoms with Crippen LogP contribution in [0.4, 0.5) is 24.5 Å². The van der Waals surface area contributed by atoms with E-state index in [-0.39, 0.29) is 53.1 Å². The predicted molar refractivity (Wildman–Crippen MR) is 182 cm³/mol. The fourth-order valence-electron chi connectivity index (χ4n) is 6.19. The van der Waals surface area contributed by atoms with E-state index in [1.165, 1.54) is 31.5 Å². The Bertz CT molecular complexity index is 2130. The van der Waals surface area contributed by atoms with Crippen molar-refractivity contribution in [2.45, 2.75) is 50.1 Å². The molecule has 1 aliphatic heterocycles. The third kappa shape index (κ3) is 7.45. The Labute approximate surface area is 291 Å². The van der Waals surface area contributed by atoms with Crippen LogP contribution in [-0.4, -0.2) is 62.0 Å². The number of carbonyl (C=O) groups excluding carboxylic acids is 2. The summed E-state index contributed by atoms with van der Waals surface area (Å²) in [5.41, 5.74) is -1.05. The van der Waals surface area contributed by atoms with Gasteiger partial charge >= 0.3 is 0 Å². The third-order valence-electron chi connectivity index (χ3n) is 9.62. The maximum absolute atomic E-state index is 15.3. The van der Waals surface area contributed by atoms with Gasteiger partial charge in [-0.1, -0.05) is 0 Å². The average molecular weight is 725 g/mol. The number of halogens is 3. The standard InChI is InChI=1S/C36H35F3N4O7S/c1-48-31-18-24-28(19-32(31)49-20-35(9-10-35)43-21-7-14-51(46,47)15-8-21)40-13-6-29(24)50-30-5-3-23(17-27(30)39)42-34(45)36(11-12-36)33(44)41-22-2-4-25(37)26(38)16-22/h2-6,13,16-19,21,43H,7-12,14-15,20H2,1H3,(H,41,44)(H,42,45). The quantitative estimate of drug-likeness (QED) is 0.152. The number of aromatic nitrogens is 1. The lowest BCUT2D eigenvalue weighted by atomic mass is 10.0. The highest BCUT2D eigenvalue weighted by Gasteiger charge is 2.56. The molecule has 3 aliphatic rings. The van der Waals surface area contributed by atoms with Crippen LogP contribution in [0.1, 0.15) is 38.5 Å². The van der Waals surface area contributed by atoms with Crippen molar-refractivity contribution < 1.29 is 45.4 Å². The normalized spacial score (nSPS) is 18.4. The summed E-state index contributed by atoms with van der Waals surface area (Å²) in [6.07, 6.45) is 4.96. The number of ether oxygens (including phenoxy) is 3. The molecule has 11 nitrogen and oxygen atoms in total. The summed E-state index contributed by atoms with van der Waals surface area (Å²) < 4.78 is 83.6. The zero-order chi connectivity index (χ0) is 36.0. The lowest BCUT2D eigenvalue weighted by molar-refractivity contribution is -0.131. The summed E-state index contributed by atoms with van der Waals surface area (Å²) in [4.78, 5) is 30.4. The molecule has 0 bridgehead atoms. The van der Waals surface area contributed by atoms with E-state index in [1.807, 2.05) is 0 Å². The first kappa shape index (κ1) is 34.6. The topological polar surface area (TPSA) is 145 Å². The van der Waals surface area contributed by atoms with Crippen molar-refractivity contribution in [3.05, 3.63) is 78.2 Å². The zero-order valence-electron chi connectivity index (χ0n) is 27.6. The minimum Gasteiger partial charge on any atom is -0.493 e. The number of fused-ring (bicyclic) bond motifs is 1. The van der Waals surface area contributed by atoms with Crippen LogP contribution >= 0.6 is 0 Å². The second-order valence-electron chi connectivity index (χ2n) is 13.3. The van der Waals surface area contributed by atoms with Gasteiger partial charge in [-0.2, -0.15) is 0 Å². The maximum atomic E-state index is 15.3. The largest absolute Gasteiger partial charge is 0.493 e. The molecular weight excluding hydrogens is 689 g/mol. The van der Waals surface area contributed by atoms with E-state index >= 15 is 4.39 Å². The molecule has 2 heterocycles. The minimum absolute atomic E-state index is 0.00648. The minimum atomic E-state index is -2.95.